The van der Waals surface area contributed by atoms with Crippen LogP contribution >= 0.6 is 69.6 Å². The molecule has 138 valence electrons. The minimum atomic E-state index is -0.592. The monoisotopic (exact) mass is 480 g/mol. The topological polar surface area (TPSA) is 56.0 Å². The second kappa shape index (κ2) is 8.00. The zero-order valence-corrected chi connectivity index (χ0v) is 17.5. The summed E-state index contributed by atoms with van der Waals surface area (Å²) >= 11 is 36.6. The van der Waals surface area contributed by atoms with Gasteiger partial charge in [-0.2, -0.15) is 0 Å². The minimum absolute atomic E-state index is 0.00312. The van der Waals surface area contributed by atoms with Gasteiger partial charge >= 0.3 is 0 Å². The summed E-state index contributed by atoms with van der Waals surface area (Å²) in [6, 6.07) is 7.12. The van der Waals surface area contributed by atoms with E-state index in [1.54, 1.807) is 0 Å². The summed E-state index contributed by atoms with van der Waals surface area (Å²) in [5.74, 6) is 0. The third-order valence-electron chi connectivity index (χ3n) is 3.60. The van der Waals surface area contributed by atoms with E-state index in [1.165, 1.54) is 36.5 Å². The molecule has 0 saturated carbocycles. The molecular weight excluding hydrogens is 477 g/mol. The molecule has 0 bridgehead atoms. The second-order valence-corrected chi connectivity index (χ2v) is 7.84. The third-order valence-corrected chi connectivity index (χ3v) is 5.23. The highest BCUT2D eigenvalue weighted by atomic mass is 35.5. The minimum Gasteiger partial charge on any atom is -0.258 e. The third kappa shape index (κ3) is 4.11. The van der Waals surface area contributed by atoms with Gasteiger partial charge in [0.1, 0.15) is 0 Å². The summed E-state index contributed by atoms with van der Waals surface area (Å²) in [6.45, 7) is 0. The Hall–Kier alpha value is -1.27. The van der Waals surface area contributed by atoms with Gasteiger partial charge in [0.2, 0.25) is 0 Å². The van der Waals surface area contributed by atoms with Crippen molar-refractivity contribution in [1.29, 1.82) is 0 Å². The van der Waals surface area contributed by atoms with Crippen LogP contribution in [0.3, 0.4) is 0 Å². The lowest BCUT2D eigenvalue weighted by Gasteiger charge is -2.11. The second-order valence-electron chi connectivity index (χ2n) is 5.34. The van der Waals surface area contributed by atoms with Crippen molar-refractivity contribution < 1.29 is 4.92 Å². The largest absolute Gasteiger partial charge is 0.296 e. The van der Waals surface area contributed by atoms with E-state index in [2.05, 4.69) is 4.98 Å². The molecule has 3 rings (SSSR count). The molecule has 0 spiro atoms. The maximum Gasteiger partial charge on any atom is 0.296 e. The highest BCUT2D eigenvalue weighted by molar-refractivity contribution is 6.42. The highest BCUT2D eigenvalue weighted by Gasteiger charge is 2.24. The average Bonchev–Trinajstić information content (AvgIpc) is 2.53. The summed E-state index contributed by atoms with van der Waals surface area (Å²) in [6.07, 6.45) is 1.39. The molecule has 27 heavy (non-hydrogen) atoms. The van der Waals surface area contributed by atoms with E-state index in [1.807, 2.05) is 0 Å². The Kier molecular flexibility index (Phi) is 6.06. The van der Waals surface area contributed by atoms with Crippen LogP contribution < -0.4 is 0 Å². The zero-order valence-electron chi connectivity index (χ0n) is 12.9. The fourth-order valence-corrected chi connectivity index (χ4v) is 4.54. The molecule has 0 aliphatic heterocycles. The molecule has 0 amide bonds. The normalized spacial score (nSPS) is 10.9. The molecule has 0 radical (unpaired) electrons. The Morgan fingerprint density at radius 2 is 1.19 bits per heavy atom. The lowest BCUT2D eigenvalue weighted by molar-refractivity contribution is -0.384. The summed E-state index contributed by atoms with van der Waals surface area (Å²) < 4.78 is 0. The van der Waals surface area contributed by atoms with Crippen molar-refractivity contribution in [3.05, 3.63) is 76.8 Å². The van der Waals surface area contributed by atoms with Gasteiger partial charge in [-0.1, -0.05) is 69.6 Å². The van der Waals surface area contributed by atoms with E-state index < -0.39 is 4.92 Å². The molecule has 0 aliphatic rings. The number of hydrogen-bond acceptors (Lipinski definition) is 3. The molecule has 4 nitrogen and oxygen atoms in total. The van der Waals surface area contributed by atoms with Gasteiger partial charge in [0.15, 0.2) is 5.69 Å². The molecule has 0 aliphatic carbocycles. The van der Waals surface area contributed by atoms with Crippen LogP contribution in [0.25, 0.3) is 22.4 Å². The van der Waals surface area contributed by atoms with Crippen molar-refractivity contribution in [2.45, 2.75) is 0 Å². The van der Waals surface area contributed by atoms with Crippen LogP contribution in [-0.4, -0.2) is 9.91 Å². The van der Waals surface area contributed by atoms with Gasteiger partial charge in [0.25, 0.3) is 5.69 Å². The number of aromatic nitrogens is 1. The number of pyridine rings is 1. The first-order valence-electron chi connectivity index (χ1n) is 7.13. The Morgan fingerprint density at radius 1 is 0.741 bits per heavy atom. The maximum absolute atomic E-state index is 11.7. The summed E-state index contributed by atoms with van der Waals surface area (Å²) in [5.41, 5.74) is 0.600. The first-order valence-corrected chi connectivity index (χ1v) is 9.40. The Labute approximate surface area is 183 Å². The zero-order chi connectivity index (χ0) is 19.9. The van der Waals surface area contributed by atoms with Gasteiger partial charge in [-0.05, 0) is 24.3 Å². The molecule has 2 aromatic carbocycles. The fourth-order valence-electron chi connectivity index (χ4n) is 2.51. The molecule has 0 saturated heterocycles. The van der Waals surface area contributed by atoms with Crippen molar-refractivity contribution in [3.8, 4) is 22.4 Å². The molecule has 0 N–H and O–H groups in total. The lowest BCUT2D eigenvalue weighted by Crippen LogP contribution is -1.97. The molecule has 3 aromatic rings. The lowest BCUT2D eigenvalue weighted by atomic mass is 10.0. The van der Waals surface area contributed by atoms with E-state index in [0.29, 0.717) is 21.2 Å². The summed E-state index contributed by atoms with van der Waals surface area (Å²) in [7, 11) is 0. The highest BCUT2D eigenvalue weighted by Crippen LogP contribution is 2.43. The van der Waals surface area contributed by atoms with Crippen molar-refractivity contribution in [3.63, 3.8) is 0 Å². The average molecular weight is 483 g/mol. The van der Waals surface area contributed by atoms with Crippen LogP contribution in [0.4, 0.5) is 5.69 Å². The standard InChI is InChI=1S/C17H6Cl6N2O2/c18-8-2-10(20)15(11(21)3-8)7-1-14(25(26)27)17(24-6-7)16-12(22)4-9(19)5-13(16)23/h1-6H. The van der Waals surface area contributed by atoms with Crippen LogP contribution in [0.1, 0.15) is 0 Å². The van der Waals surface area contributed by atoms with Crippen LogP contribution in [0.5, 0.6) is 0 Å². The number of benzene rings is 2. The van der Waals surface area contributed by atoms with Crippen molar-refractivity contribution in [1.82, 2.24) is 4.98 Å². The van der Waals surface area contributed by atoms with Crippen molar-refractivity contribution in [2.75, 3.05) is 0 Å². The van der Waals surface area contributed by atoms with Gasteiger partial charge in [-0.25, -0.2) is 4.98 Å². The Bertz CT molecular complexity index is 1040. The molecule has 1 aromatic heterocycles. The quantitative estimate of drug-likeness (QED) is 0.279. The fraction of sp³-hybridized carbons (Fsp3) is 0. The molecule has 1 heterocycles. The SMILES string of the molecule is O=[N+]([O-])c1cc(-c2c(Cl)cc(Cl)cc2Cl)cnc1-c1c(Cl)cc(Cl)cc1Cl. The van der Waals surface area contributed by atoms with Crippen LogP contribution in [0, 0.1) is 10.1 Å². The maximum atomic E-state index is 11.7. The Balaban J connectivity index is 2.26. The number of nitro groups is 1. The molecule has 0 atom stereocenters. The number of rotatable bonds is 3. The van der Waals surface area contributed by atoms with Crippen LogP contribution in [0.15, 0.2) is 36.5 Å². The number of nitrogens with zero attached hydrogens (tertiary/aromatic N) is 2. The predicted molar refractivity (Wildman–Crippen MR) is 112 cm³/mol. The van der Waals surface area contributed by atoms with Gasteiger partial charge in [-0.3, -0.25) is 10.1 Å². The van der Waals surface area contributed by atoms with Gasteiger partial charge < -0.3 is 0 Å². The predicted octanol–water partition coefficient (Wildman–Crippen LogP) is 8.24. The van der Waals surface area contributed by atoms with Crippen LogP contribution in [-0.2, 0) is 0 Å². The van der Waals surface area contributed by atoms with E-state index in [-0.39, 0.29) is 37.0 Å². The van der Waals surface area contributed by atoms with Crippen molar-refractivity contribution >= 4 is 75.3 Å². The van der Waals surface area contributed by atoms with Gasteiger partial charge in [-0.15, -0.1) is 0 Å². The number of hydrogen-bond donors (Lipinski definition) is 0. The number of halogens is 6. The molecule has 0 fully saturated rings. The Morgan fingerprint density at radius 3 is 1.63 bits per heavy atom. The summed E-state index contributed by atoms with van der Waals surface area (Å²) in [5, 5.41) is 13.0. The van der Waals surface area contributed by atoms with Gasteiger partial charge in [0, 0.05) is 39.0 Å². The van der Waals surface area contributed by atoms with E-state index in [4.69, 9.17) is 69.6 Å². The first kappa shape index (κ1) is 20.5. The van der Waals surface area contributed by atoms with Gasteiger partial charge in [0.05, 0.1) is 25.0 Å². The molecule has 10 heteroatoms. The smallest absolute Gasteiger partial charge is 0.258 e. The first-order chi connectivity index (χ1) is 12.7. The van der Waals surface area contributed by atoms with E-state index in [0.717, 1.165) is 0 Å². The molecular formula is C17H6Cl6N2O2. The van der Waals surface area contributed by atoms with Crippen molar-refractivity contribution in [2.24, 2.45) is 0 Å². The summed E-state index contributed by atoms with van der Waals surface area (Å²) in [4.78, 5) is 15.3. The molecule has 0 unspecified atom stereocenters. The van der Waals surface area contributed by atoms with E-state index in [9.17, 15) is 10.1 Å². The van der Waals surface area contributed by atoms with Crippen LogP contribution in [0.2, 0.25) is 30.1 Å². The van der Waals surface area contributed by atoms with E-state index >= 15 is 0 Å².